The van der Waals surface area contributed by atoms with Crippen molar-refractivity contribution in [2.45, 2.75) is 25.8 Å². The third-order valence-electron chi connectivity index (χ3n) is 4.80. The van der Waals surface area contributed by atoms with Gasteiger partial charge in [0.1, 0.15) is 6.04 Å². The van der Waals surface area contributed by atoms with Gasteiger partial charge in [-0.25, -0.2) is 0 Å². The molecule has 0 radical (unpaired) electrons. The van der Waals surface area contributed by atoms with E-state index < -0.39 is 12.0 Å². The number of likely N-dealkylation sites (tertiary alicyclic amines) is 1. The van der Waals surface area contributed by atoms with Gasteiger partial charge in [-0.3, -0.25) is 14.4 Å². The average Bonchev–Trinajstić information content (AvgIpc) is 3.12. The summed E-state index contributed by atoms with van der Waals surface area (Å²) in [4.78, 5) is 37.0. The minimum Gasteiger partial charge on any atom is -0.480 e. The van der Waals surface area contributed by atoms with Crippen molar-refractivity contribution in [2.24, 2.45) is 5.92 Å². The SMILES string of the molecule is CC(NC(=O)C1CCN(C(=O)C=Cc2cc3c(cc2Cl)OCO3)CC1)C(=O)O. The van der Waals surface area contributed by atoms with E-state index in [0.717, 1.165) is 0 Å². The third kappa shape index (κ3) is 4.56. The highest BCUT2D eigenvalue weighted by molar-refractivity contribution is 6.32. The van der Waals surface area contributed by atoms with Crippen LogP contribution >= 0.6 is 11.6 Å². The molecule has 8 nitrogen and oxygen atoms in total. The molecule has 0 spiro atoms. The molecule has 9 heteroatoms. The smallest absolute Gasteiger partial charge is 0.325 e. The van der Waals surface area contributed by atoms with E-state index in [4.69, 9.17) is 26.2 Å². The van der Waals surface area contributed by atoms with E-state index in [1.165, 1.54) is 13.0 Å². The Morgan fingerprint density at radius 2 is 1.89 bits per heavy atom. The molecule has 0 bridgehead atoms. The van der Waals surface area contributed by atoms with Crippen LogP contribution in [-0.4, -0.2) is 53.7 Å². The summed E-state index contributed by atoms with van der Waals surface area (Å²) in [5, 5.41) is 11.8. The zero-order valence-electron chi connectivity index (χ0n) is 15.3. The maximum atomic E-state index is 12.4. The van der Waals surface area contributed by atoms with Gasteiger partial charge in [0, 0.05) is 31.1 Å². The molecule has 1 atom stereocenters. The molecule has 2 amide bonds. The fourth-order valence-corrected chi connectivity index (χ4v) is 3.30. The Morgan fingerprint density at radius 1 is 1.25 bits per heavy atom. The van der Waals surface area contributed by atoms with Crippen molar-refractivity contribution in [3.05, 3.63) is 28.8 Å². The minimum atomic E-state index is -1.08. The molecule has 2 aliphatic heterocycles. The summed E-state index contributed by atoms with van der Waals surface area (Å²) in [6.07, 6.45) is 4.04. The molecular weight excluding hydrogens is 388 g/mol. The summed E-state index contributed by atoms with van der Waals surface area (Å²) in [7, 11) is 0. The van der Waals surface area contributed by atoms with Crippen LogP contribution in [0.4, 0.5) is 0 Å². The lowest BCUT2D eigenvalue weighted by Gasteiger charge is -2.31. The van der Waals surface area contributed by atoms with Gasteiger partial charge < -0.3 is 24.8 Å². The number of carbonyl (C=O) groups excluding carboxylic acids is 2. The molecule has 3 rings (SSSR count). The van der Waals surface area contributed by atoms with Crippen molar-refractivity contribution >= 4 is 35.5 Å². The lowest BCUT2D eigenvalue weighted by molar-refractivity contribution is -0.142. The van der Waals surface area contributed by atoms with E-state index in [0.29, 0.717) is 48.0 Å². The van der Waals surface area contributed by atoms with E-state index in [1.54, 1.807) is 23.1 Å². The highest BCUT2D eigenvalue weighted by Crippen LogP contribution is 2.37. The van der Waals surface area contributed by atoms with Crippen molar-refractivity contribution in [2.75, 3.05) is 19.9 Å². The molecule has 2 N–H and O–H groups in total. The van der Waals surface area contributed by atoms with Crippen molar-refractivity contribution < 1.29 is 29.0 Å². The van der Waals surface area contributed by atoms with Gasteiger partial charge in [0.25, 0.3) is 0 Å². The first-order chi connectivity index (χ1) is 13.3. The summed E-state index contributed by atoms with van der Waals surface area (Å²) in [6, 6.07) is 2.44. The fraction of sp³-hybridized carbons (Fsp3) is 0.421. The second kappa shape index (κ2) is 8.52. The predicted octanol–water partition coefficient (Wildman–Crippen LogP) is 1.91. The number of halogens is 1. The lowest BCUT2D eigenvalue weighted by Crippen LogP contribution is -2.46. The first kappa shape index (κ1) is 20.0. The van der Waals surface area contributed by atoms with Gasteiger partial charge in [0.2, 0.25) is 18.6 Å². The Balaban J connectivity index is 1.54. The average molecular weight is 409 g/mol. The Morgan fingerprint density at radius 3 is 2.54 bits per heavy atom. The number of hydrogen-bond acceptors (Lipinski definition) is 5. The van der Waals surface area contributed by atoms with Gasteiger partial charge >= 0.3 is 5.97 Å². The van der Waals surface area contributed by atoms with Crippen molar-refractivity contribution in [3.63, 3.8) is 0 Å². The van der Waals surface area contributed by atoms with Crippen LogP contribution in [0.15, 0.2) is 18.2 Å². The quantitative estimate of drug-likeness (QED) is 0.721. The minimum absolute atomic E-state index is 0.144. The number of carbonyl (C=O) groups is 3. The molecule has 1 fully saturated rings. The fourth-order valence-electron chi connectivity index (χ4n) is 3.08. The topological polar surface area (TPSA) is 105 Å². The first-order valence-corrected chi connectivity index (χ1v) is 9.32. The molecule has 2 heterocycles. The molecule has 1 aromatic carbocycles. The Bertz CT molecular complexity index is 817. The van der Waals surface area contributed by atoms with Crippen LogP contribution in [0.25, 0.3) is 6.08 Å². The van der Waals surface area contributed by atoms with Crippen LogP contribution in [-0.2, 0) is 14.4 Å². The number of nitrogens with one attached hydrogen (secondary N) is 1. The number of benzene rings is 1. The zero-order valence-corrected chi connectivity index (χ0v) is 16.1. The van der Waals surface area contributed by atoms with Crippen LogP contribution < -0.4 is 14.8 Å². The summed E-state index contributed by atoms with van der Waals surface area (Å²) in [5.41, 5.74) is 0.649. The number of carboxylic acid groups (broad SMARTS) is 1. The number of fused-ring (bicyclic) bond motifs is 1. The van der Waals surface area contributed by atoms with E-state index in [1.807, 2.05) is 0 Å². The van der Waals surface area contributed by atoms with Crippen LogP contribution in [0.1, 0.15) is 25.3 Å². The normalized spacial score (nSPS) is 17.6. The van der Waals surface area contributed by atoms with Crippen LogP contribution in [0.2, 0.25) is 5.02 Å². The molecule has 1 saturated heterocycles. The largest absolute Gasteiger partial charge is 0.480 e. The molecule has 28 heavy (non-hydrogen) atoms. The first-order valence-electron chi connectivity index (χ1n) is 8.94. The van der Waals surface area contributed by atoms with Gasteiger partial charge in [-0.1, -0.05) is 11.6 Å². The predicted molar refractivity (Wildman–Crippen MR) is 101 cm³/mol. The second-order valence-electron chi connectivity index (χ2n) is 6.73. The summed E-state index contributed by atoms with van der Waals surface area (Å²) >= 11 is 6.20. The standard InChI is InChI=1S/C19H21ClN2O6/c1-11(19(25)26)21-18(24)12-4-6-22(7-5-12)17(23)3-2-13-8-15-16(9-14(13)20)28-10-27-15/h2-3,8-9,11-12H,4-7,10H2,1H3,(H,21,24)(H,25,26). The lowest BCUT2D eigenvalue weighted by atomic mass is 9.95. The summed E-state index contributed by atoms with van der Waals surface area (Å²) in [6.45, 7) is 2.42. The van der Waals surface area contributed by atoms with Crippen LogP contribution in [0, 0.1) is 5.92 Å². The Hall–Kier alpha value is -2.74. The number of ether oxygens (including phenoxy) is 2. The Labute approximate surface area is 167 Å². The van der Waals surface area contributed by atoms with Gasteiger partial charge in [-0.05, 0) is 37.5 Å². The summed E-state index contributed by atoms with van der Waals surface area (Å²) < 4.78 is 10.6. The van der Waals surface area contributed by atoms with Crippen molar-refractivity contribution in [1.29, 1.82) is 0 Å². The number of carboxylic acids is 1. The van der Waals surface area contributed by atoms with Crippen LogP contribution in [0.3, 0.4) is 0 Å². The molecular formula is C19H21ClN2O6. The van der Waals surface area contributed by atoms with Crippen molar-refractivity contribution in [3.8, 4) is 11.5 Å². The number of rotatable bonds is 5. The number of hydrogen-bond donors (Lipinski definition) is 2. The highest BCUT2D eigenvalue weighted by Gasteiger charge is 2.28. The van der Waals surface area contributed by atoms with E-state index in [2.05, 4.69) is 5.32 Å². The number of piperidine rings is 1. The maximum Gasteiger partial charge on any atom is 0.325 e. The summed E-state index contributed by atoms with van der Waals surface area (Å²) in [5.74, 6) is -0.674. The molecule has 0 aromatic heterocycles. The number of nitrogens with zero attached hydrogens (tertiary/aromatic N) is 1. The molecule has 0 saturated carbocycles. The van der Waals surface area contributed by atoms with Gasteiger partial charge in [0.05, 0.1) is 5.02 Å². The second-order valence-corrected chi connectivity index (χ2v) is 7.14. The Kier molecular flexibility index (Phi) is 6.08. The highest BCUT2D eigenvalue weighted by atomic mass is 35.5. The number of amides is 2. The maximum absolute atomic E-state index is 12.4. The van der Waals surface area contributed by atoms with Gasteiger partial charge in [0.15, 0.2) is 11.5 Å². The number of aliphatic carboxylic acids is 1. The molecule has 1 unspecified atom stereocenters. The molecule has 2 aliphatic rings. The zero-order chi connectivity index (χ0) is 20.3. The molecule has 150 valence electrons. The molecule has 1 aromatic rings. The van der Waals surface area contributed by atoms with Gasteiger partial charge in [-0.15, -0.1) is 0 Å². The van der Waals surface area contributed by atoms with E-state index in [-0.39, 0.29) is 24.5 Å². The van der Waals surface area contributed by atoms with E-state index >= 15 is 0 Å². The van der Waals surface area contributed by atoms with E-state index in [9.17, 15) is 14.4 Å². The monoisotopic (exact) mass is 408 g/mol. The van der Waals surface area contributed by atoms with Gasteiger partial charge in [-0.2, -0.15) is 0 Å². The molecule has 0 aliphatic carbocycles. The van der Waals surface area contributed by atoms with Crippen molar-refractivity contribution in [1.82, 2.24) is 10.2 Å². The third-order valence-corrected chi connectivity index (χ3v) is 5.13. The van der Waals surface area contributed by atoms with Crippen LogP contribution in [0.5, 0.6) is 11.5 Å².